The van der Waals surface area contributed by atoms with Crippen LogP contribution in [0.4, 0.5) is 52.7 Å². The molecule has 1 heterocycles. The standard InChI is InChI=1S/2C27H21F6.C12H7Si.2ClH.Zr/c2*1-3-16(2)19-11-18-9-10-23(17-7-5-4-6-8-17)25(24(18)14-19)20-12-21(26(28,29)30)15-22(13-20)27(31,32)33;1-3-7-11-9(5-1)10-6-2-4-8-12(10)13-11;;;/h2*4-16H,3H2,1-2H3;1-7H;2*1H;/q3*-1;;;+2/p-2. The van der Waals surface area contributed by atoms with Crippen LogP contribution in [0.15, 0.2) is 188 Å². The number of hydrogen-bond acceptors (Lipinski definition) is 0. The number of halogens is 14. The Morgan fingerprint density at radius 3 is 1.18 bits per heavy atom. The fraction of sp³-hybridized carbons (Fsp3) is 0.182. The monoisotopic (exact) mass is 1260 g/mol. The molecule has 0 aromatic heterocycles. The molecule has 422 valence electrons. The maximum absolute atomic E-state index is 13.6. The van der Waals surface area contributed by atoms with Gasteiger partial charge < -0.3 is 0 Å². The second kappa shape index (κ2) is 25.8. The molecule has 2 radical (unpaired) electrons. The zero-order chi connectivity index (χ0) is 59.3. The average Bonchev–Trinajstić information content (AvgIpc) is 4.34. The van der Waals surface area contributed by atoms with Crippen LogP contribution in [0.3, 0.4) is 0 Å². The molecule has 0 saturated heterocycles. The molecule has 2 unspecified atom stereocenters. The Hall–Kier alpha value is -6.18. The Morgan fingerprint density at radius 2 is 0.805 bits per heavy atom. The number of hydrogen-bond donors (Lipinski definition) is 0. The molecule has 2 atom stereocenters. The molecule has 0 fully saturated rings. The zero-order valence-electron chi connectivity index (χ0n) is 44.3. The quantitative estimate of drug-likeness (QED) is 0.0808. The first-order chi connectivity index (χ1) is 38.8. The first-order valence-electron chi connectivity index (χ1n) is 25.8. The Kier molecular flexibility index (Phi) is 19.4. The zero-order valence-corrected chi connectivity index (χ0v) is 49.2. The molecular weight excluding hydrogens is 1210 g/mol. The van der Waals surface area contributed by atoms with Crippen molar-refractivity contribution in [3.8, 4) is 55.6 Å². The third kappa shape index (κ3) is 14.2. The number of fused-ring (bicyclic) bond motifs is 5. The van der Waals surface area contributed by atoms with Crippen LogP contribution in [0.1, 0.15) is 85.8 Å². The van der Waals surface area contributed by atoms with E-state index in [1.807, 2.05) is 70.2 Å². The van der Waals surface area contributed by atoms with E-state index in [4.69, 9.17) is 17.0 Å². The van der Waals surface area contributed by atoms with E-state index in [0.717, 1.165) is 68.5 Å². The van der Waals surface area contributed by atoms with Crippen molar-refractivity contribution in [1.82, 2.24) is 0 Å². The largest absolute Gasteiger partial charge is 0.184 e. The van der Waals surface area contributed by atoms with E-state index >= 15 is 0 Å². The van der Waals surface area contributed by atoms with Crippen LogP contribution in [0, 0.1) is 6.07 Å². The average molecular weight is 1260 g/mol. The smallest absolute Gasteiger partial charge is 0.0920 e. The summed E-state index contributed by atoms with van der Waals surface area (Å²) < 4.78 is 163. The summed E-state index contributed by atoms with van der Waals surface area (Å²) >= 11 is -0.826. The van der Waals surface area contributed by atoms with Gasteiger partial charge in [-0.15, -0.1) is 62.5 Å². The second-order valence-corrected chi connectivity index (χ2v) is 24.7. The van der Waals surface area contributed by atoms with Gasteiger partial charge in [0.1, 0.15) is 0 Å². The fourth-order valence-corrected chi connectivity index (χ4v) is 11.2. The molecule has 16 heteroatoms. The molecule has 0 N–H and O–H groups in total. The summed E-state index contributed by atoms with van der Waals surface area (Å²) in [5.74, 6) is 0.412. The van der Waals surface area contributed by atoms with Gasteiger partial charge in [-0.3, -0.25) is 0 Å². The summed E-state index contributed by atoms with van der Waals surface area (Å²) in [6.45, 7) is 8.14. The van der Waals surface area contributed by atoms with Crippen molar-refractivity contribution in [3.63, 3.8) is 0 Å². The third-order valence-electron chi connectivity index (χ3n) is 14.4. The minimum Gasteiger partial charge on any atom is -0.184 e. The summed E-state index contributed by atoms with van der Waals surface area (Å²) in [4.78, 5) is 0. The van der Waals surface area contributed by atoms with Crippen molar-refractivity contribution < 1.29 is 73.5 Å². The van der Waals surface area contributed by atoms with E-state index in [0.29, 0.717) is 44.2 Å². The molecule has 0 spiro atoms. The van der Waals surface area contributed by atoms with Crippen molar-refractivity contribution in [2.75, 3.05) is 0 Å². The summed E-state index contributed by atoms with van der Waals surface area (Å²) in [6, 6.07) is 54.6. The van der Waals surface area contributed by atoms with Crippen LogP contribution in [0.25, 0.3) is 77.2 Å². The normalized spacial score (nSPS) is 13.0. The first-order valence-corrected chi connectivity index (χ1v) is 33.2. The van der Waals surface area contributed by atoms with E-state index < -0.39 is 67.8 Å². The molecule has 0 saturated carbocycles. The summed E-state index contributed by atoms with van der Waals surface area (Å²) in [6.07, 6.45) is -17.9. The molecule has 11 rings (SSSR count). The Labute approximate surface area is 489 Å². The molecular formula is C66H49Cl2F12SiZr-3. The molecule has 10 aromatic rings. The molecule has 10 aromatic carbocycles. The van der Waals surface area contributed by atoms with Gasteiger partial charge in [-0.05, 0) is 81.6 Å². The van der Waals surface area contributed by atoms with Gasteiger partial charge >= 0.3 is 62.6 Å². The third-order valence-corrected chi connectivity index (χ3v) is 15.8. The Morgan fingerprint density at radius 1 is 0.439 bits per heavy atom. The molecule has 0 amide bonds. The van der Waals surface area contributed by atoms with Crippen molar-refractivity contribution >= 4 is 58.5 Å². The van der Waals surface area contributed by atoms with Gasteiger partial charge in [0.05, 0.1) is 31.8 Å². The fourth-order valence-electron chi connectivity index (χ4n) is 9.91. The minimum absolute atomic E-state index is 0.108. The summed E-state index contributed by atoms with van der Waals surface area (Å²) in [5, 5.41) is 5.67. The molecule has 0 aliphatic carbocycles. The van der Waals surface area contributed by atoms with E-state index in [-0.39, 0.29) is 35.1 Å². The molecule has 0 nitrogen and oxygen atoms in total. The van der Waals surface area contributed by atoms with Crippen LogP contribution in [0.2, 0.25) is 0 Å². The van der Waals surface area contributed by atoms with Gasteiger partial charge in [0.15, 0.2) is 0 Å². The van der Waals surface area contributed by atoms with Crippen LogP contribution in [0.5, 0.6) is 0 Å². The Balaban J connectivity index is 0.000000169. The maximum atomic E-state index is 13.6. The van der Waals surface area contributed by atoms with Crippen molar-refractivity contribution in [2.45, 2.75) is 77.1 Å². The van der Waals surface area contributed by atoms with Crippen molar-refractivity contribution in [2.24, 2.45) is 0 Å². The minimum atomic E-state index is -4.91. The SMILES string of the molecule is CCC(C)c1cc2c(-c3cc(C(F)(F)F)cc(C(F)(F)F)c3)c(-c3ccccc3)ccc2[cH-]1.CCC(C)c1cc2c(-c3cc(C(F)(F)F)cc(C(F)(F)F)c3)c(-c3ccccc3)ccc2[cH-]1.[Cl][Zr][Cl].[c-]1cccc2c1[Si]c1ccccc1-2. The predicted molar refractivity (Wildman–Crippen MR) is 306 cm³/mol. The van der Waals surface area contributed by atoms with Gasteiger partial charge in [-0.2, -0.15) is 94.3 Å². The van der Waals surface area contributed by atoms with Gasteiger partial charge in [0.2, 0.25) is 0 Å². The molecule has 82 heavy (non-hydrogen) atoms. The van der Waals surface area contributed by atoms with Crippen LogP contribution >= 0.6 is 17.0 Å². The van der Waals surface area contributed by atoms with E-state index in [1.54, 1.807) is 72.8 Å². The van der Waals surface area contributed by atoms with Crippen LogP contribution < -0.4 is 10.4 Å². The Bertz CT molecular complexity index is 3490. The van der Waals surface area contributed by atoms with Gasteiger partial charge in [0, 0.05) is 0 Å². The van der Waals surface area contributed by atoms with Gasteiger partial charge in [-0.25, -0.2) is 0 Å². The summed E-state index contributed by atoms with van der Waals surface area (Å²) in [7, 11) is 10.7. The van der Waals surface area contributed by atoms with Crippen LogP contribution in [-0.2, 0) is 45.6 Å². The number of benzene rings is 8. The first kappa shape index (κ1) is 61.9. The predicted octanol–water partition coefficient (Wildman–Crippen LogP) is 21.4. The number of rotatable bonds is 8. The number of alkyl halides is 12. The van der Waals surface area contributed by atoms with Gasteiger partial charge in [0.25, 0.3) is 0 Å². The topological polar surface area (TPSA) is 0 Å². The van der Waals surface area contributed by atoms with Gasteiger partial charge in [-0.1, -0.05) is 159 Å². The molecule has 1 aliphatic rings. The molecule has 1 aliphatic heterocycles. The summed E-state index contributed by atoms with van der Waals surface area (Å²) in [5.41, 5.74) is 2.59. The van der Waals surface area contributed by atoms with Crippen molar-refractivity contribution in [1.29, 1.82) is 0 Å². The maximum Gasteiger partial charge on any atom is 0.0920 e. The van der Waals surface area contributed by atoms with Crippen molar-refractivity contribution in [3.05, 3.63) is 228 Å². The van der Waals surface area contributed by atoms with E-state index in [2.05, 4.69) is 42.5 Å². The van der Waals surface area contributed by atoms with E-state index in [1.165, 1.54) is 21.5 Å². The second-order valence-electron chi connectivity index (χ2n) is 19.7. The van der Waals surface area contributed by atoms with E-state index in [9.17, 15) is 52.7 Å². The van der Waals surface area contributed by atoms with Crippen LogP contribution in [-0.4, -0.2) is 9.52 Å². The molecule has 0 bridgehead atoms.